The first-order valence-electron chi connectivity index (χ1n) is 20.5. The Bertz CT molecular complexity index is 2170. The van der Waals surface area contributed by atoms with Crippen LogP contribution in [0.4, 0.5) is 17.2 Å². The minimum absolute atomic E-state index is 0.0517. The number of para-hydroxylation sites is 1. The number of carbonyl (C=O) groups excluding carboxylic acids is 5. The lowest BCUT2D eigenvalue weighted by Crippen LogP contribution is -2.60. The van der Waals surface area contributed by atoms with Crippen molar-refractivity contribution in [2.75, 3.05) is 67.5 Å². The fourth-order valence-corrected chi connectivity index (χ4v) is 10.6. The van der Waals surface area contributed by atoms with Gasteiger partial charge in [-0.3, -0.25) is 39.1 Å². The molecule has 4 saturated heterocycles. The third-order valence-electron chi connectivity index (χ3n) is 13.7. The van der Waals surface area contributed by atoms with Gasteiger partial charge in [-0.25, -0.2) is 0 Å². The van der Waals surface area contributed by atoms with E-state index in [9.17, 15) is 29.1 Å². The highest BCUT2D eigenvalue weighted by Crippen LogP contribution is 2.40. The fraction of sp³-hybridized carbons (Fsp3) is 0.500. The van der Waals surface area contributed by atoms with Crippen molar-refractivity contribution in [2.45, 2.75) is 63.1 Å². The van der Waals surface area contributed by atoms with Crippen LogP contribution in [0.1, 0.15) is 65.7 Å². The van der Waals surface area contributed by atoms with Crippen molar-refractivity contribution < 1.29 is 29.1 Å². The fourth-order valence-electron chi connectivity index (χ4n) is 10.6. The van der Waals surface area contributed by atoms with E-state index in [1.54, 1.807) is 24.3 Å². The summed E-state index contributed by atoms with van der Waals surface area (Å²) in [6, 6.07) is 14.2. The van der Waals surface area contributed by atoms with Crippen molar-refractivity contribution >= 4 is 46.7 Å². The number of carbonyl (C=O) groups is 5. The Balaban J connectivity index is 0.727. The van der Waals surface area contributed by atoms with E-state index in [0.717, 1.165) is 86.9 Å². The zero-order chi connectivity index (χ0) is 38.9. The van der Waals surface area contributed by atoms with Gasteiger partial charge < -0.3 is 25.1 Å². The van der Waals surface area contributed by atoms with Crippen LogP contribution >= 0.6 is 0 Å². The topological polar surface area (TPSA) is 172 Å². The van der Waals surface area contributed by atoms with Crippen LogP contribution in [0, 0.1) is 17.8 Å². The molecule has 2 aromatic carbocycles. The maximum atomic E-state index is 13.9. The van der Waals surface area contributed by atoms with Crippen LogP contribution in [0.25, 0.3) is 11.3 Å². The highest BCUT2D eigenvalue weighted by atomic mass is 16.3. The summed E-state index contributed by atoms with van der Waals surface area (Å²) in [5, 5.41) is 24.9. The Morgan fingerprint density at radius 2 is 1.56 bits per heavy atom. The van der Waals surface area contributed by atoms with Crippen LogP contribution in [-0.4, -0.2) is 130 Å². The molecule has 57 heavy (non-hydrogen) atoms. The van der Waals surface area contributed by atoms with E-state index >= 15 is 0 Å². The lowest BCUT2D eigenvalue weighted by atomic mass is 9.84. The number of hydrogen-bond donors (Lipinski definition) is 3. The van der Waals surface area contributed by atoms with Crippen molar-refractivity contribution in [3.05, 3.63) is 59.7 Å². The van der Waals surface area contributed by atoms with Crippen molar-refractivity contribution in [1.29, 1.82) is 0 Å². The molecule has 15 nitrogen and oxygen atoms in total. The predicted molar refractivity (Wildman–Crippen MR) is 210 cm³/mol. The Kier molecular flexibility index (Phi) is 8.87. The largest absolute Gasteiger partial charge is 0.507 e. The molecular weight excluding hydrogens is 727 g/mol. The molecule has 4 atom stereocenters. The second-order valence-electron chi connectivity index (χ2n) is 16.9. The molecule has 7 aliphatic rings. The summed E-state index contributed by atoms with van der Waals surface area (Å²) in [7, 11) is 0. The van der Waals surface area contributed by atoms with Crippen LogP contribution in [0.3, 0.4) is 0 Å². The zero-order valence-electron chi connectivity index (χ0n) is 31.8. The van der Waals surface area contributed by atoms with Gasteiger partial charge in [-0.05, 0) is 86.8 Å². The van der Waals surface area contributed by atoms with E-state index in [0.29, 0.717) is 59.9 Å². The molecule has 296 valence electrons. The van der Waals surface area contributed by atoms with Gasteiger partial charge in [-0.15, -0.1) is 10.2 Å². The Labute approximate surface area is 330 Å². The first kappa shape index (κ1) is 35.8. The van der Waals surface area contributed by atoms with Gasteiger partial charge in [0, 0.05) is 82.0 Å². The number of anilines is 3. The Morgan fingerprint density at radius 3 is 2.39 bits per heavy atom. The smallest absolute Gasteiger partial charge is 0.262 e. The number of piperazine rings is 1. The van der Waals surface area contributed by atoms with E-state index in [2.05, 4.69) is 40.4 Å². The van der Waals surface area contributed by atoms with Crippen molar-refractivity contribution in [3.63, 3.8) is 0 Å². The average Bonchev–Trinajstić information content (AvgIpc) is 3.77. The number of piperidine rings is 2. The van der Waals surface area contributed by atoms with E-state index < -0.39 is 23.8 Å². The SMILES string of the molecule is O=C1CCC(N2C(=O)c3ccc(N4CC[C@@H]5CN(C6CCC(C(=O)N7CCN8c9cc(-c%10ccccc%10O)nnc9NC[C@H]8C7)CC6)CC5C4)cc3C2=O)C(=O)N1. The molecule has 6 aliphatic heterocycles. The molecule has 0 bridgehead atoms. The van der Waals surface area contributed by atoms with Crippen LogP contribution < -0.4 is 20.4 Å². The number of fused-ring (bicyclic) bond motifs is 5. The molecular formula is C42H47N9O6. The number of nitrogens with one attached hydrogen (secondary N) is 2. The number of benzene rings is 2. The molecule has 0 radical (unpaired) electrons. The summed E-state index contributed by atoms with van der Waals surface area (Å²) in [5.41, 5.74) is 3.76. The predicted octanol–water partition coefficient (Wildman–Crippen LogP) is 2.71. The van der Waals surface area contributed by atoms with Gasteiger partial charge in [0.15, 0.2) is 5.82 Å². The second-order valence-corrected chi connectivity index (χ2v) is 16.9. The number of amides is 5. The highest BCUT2D eigenvalue weighted by Gasteiger charge is 2.46. The Hall–Kier alpha value is -5.57. The van der Waals surface area contributed by atoms with Crippen molar-refractivity contribution in [2.24, 2.45) is 17.8 Å². The number of aromatic hydroxyl groups is 1. The lowest BCUT2D eigenvalue weighted by molar-refractivity contribution is -0.138. The summed E-state index contributed by atoms with van der Waals surface area (Å²) in [6.07, 6.45) is 5.15. The van der Waals surface area contributed by atoms with Gasteiger partial charge in [0.25, 0.3) is 11.8 Å². The van der Waals surface area contributed by atoms with Gasteiger partial charge in [-0.1, -0.05) is 12.1 Å². The van der Waals surface area contributed by atoms with Gasteiger partial charge in [-0.2, -0.15) is 0 Å². The number of hydrogen-bond acceptors (Lipinski definition) is 12. The standard InChI is InChI=1S/C42H47N9O6/c52-36-4-2-1-3-31(36)33-18-35-38(46-45-33)43-19-29-23-48(15-16-50(29)35)40(55)24-5-7-27(8-6-24)49-20-25-13-14-47(21-26(25)22-49)28-9-10-30-32(17-28)42(57)51(41(30)56)34-11-12-37(53)44-39(34)54/h1-4,9-10,17-18,24-27,29,34,52H,5-8,11-16,19-23H2,(H,43,46)(H,44,53,54)/t24?,25-,26?,27?,29+,34?/m1/s1. The Morgan fingerprint density at radius 1 is 0.754 bits per heavy atom. The summed E-state index contributed by atoms with van der Waals surface area (Å²) in [4.78, 5) is 75.2. The van der Waals surface area contributed by atoms with E-state index in [-0.39, 0.29) is 42.4 Å². The first-order valence-corrected chi connectivity index (χ1v) is 20.5. The molecule has 15 heteroatoms. The first-order chi connectivity index (χ1) is 27.7. The van der Waals surface area contributed by atoms with Gasteiger partial charge >= 0.3 is 0 Å². The maximum Gasteiger partial charge on any atom is 0.262 e. The molecule has 10 rings (SSSR count). The molecule has 0 spiro atoms. The summed E-state index contributed by atoms with van der Waals surface area (Å²) >= 11 is 0. The normalized spacial score (nSPS) is 28.7. The quantitative estimate of drug-likeness (QED) is 0.325. The number of rotatable bonds is 5. The number of nitrogens with zero attached hydrogens (tertiary/aromatic N) is 7. The van der Waals surface area contributed by atoms with Gasteiger partial charge in [0.05, 0.1) is 28.6 Å². The molecule has 7 heterocycles. The number of likely N-dealkylation sites (tertiary alicyclic amines) is 1. The zero-order valence-corrected chi connectivity index (χ0v) is 31.8. The maximum absolute atomic E-state index is 13.9. The van der Waals surface area contributed by atoms with E-state index in [1.807, 2.05) is 24.3 Å². The molecule has 1 aliphatic carbocycles. The number of imide groups is 2. The molecule has 1 saturated carbocycles. The van der Waals surface area contributed by atoms with Gasteiger partial charge in [0.1, 0.15) is 11.8 Å². The van der Waals surface area contributed by atoms with Crippen LogP contribution in [0.15, 0.2) is 48.5 Å². The van der Waals surface area contributed by atoms with E-state index in [4.69, 9.17) is 0 Å². The molecule has 5 fully saturated rings. The molecule has 5 amide bonds. The van der Waals surface area contributed by atoms with Gasteiger partial charge in [0.2, 0.25) is 17.7 Å². The number of phenolic OH excluding ortho intramolecular Hbond substituents is 1. The third kappa shape index (κ3) is 6.26. The minimum Gasteiger partial charge on any atom is -0.507 e. The summed E-state index contributed by atoms with van der Waals surface area (Å²) in [5.74, 6) is 0.383. The highest BCUT2D eigenvalue weighted by molar-refractivity contribution is 6.23. The van der Waals surface area contributed by atoms with Crippen LogP contribution in [0.5, 0.6) is 5.75 Å². The molecule has 3 N–H and O–H groups in total. The van der Waals surface area contributed by atoms with E-state index in [1.165, 1.54) is 0 Å². The minimum atomic E-state index is -0.973. The summed E-state index contributed by atoms with van der Waals surface area (Å²) in [6.45, 7) is 6.59. The van der Waals surface area contributed by atoms with Crippen LogP contribution in [-0.2, 0) is 14.4 Å². The molecule has 3 aromatic rings. The number of phenols is 1. The lowest BCUT2D eigenvalue weighted by Gasteiger charge is -2.46. The van der Waals surface area contributed by atoms with Crippen LogP contribution in [0.2, 0.25) is 0 Å². The van der Waals surface area contributed by atoms with Crippen molar-refractivity contribution in [3.8, 4) is 17.0 Å². The molecule has 2 unspecified atom stereocenters. The second kappa shape index (κ2) is 14.1. The summed E-state index contributed by atoms with van der Waals surface area (Å²) < 4.78 is 0. The van der Waals surface area contributed by atoms with Crippen molar-refractivity contribution in [1.82, 2.24) is 30.2 Å². The monoisotopic (exact) mass is 773 g/mol. The average molecular weight is 774 g/mol. The number of aromatic nitrogens is 2. The molecule has 1 aromatic heterocycles. The third-order valence-corrected chi connectivity index (χ3v) is 13.7.